The molecule has 2 radical (unpaired) electrons. The quantitative estimate of drug-likeness (QED) is 0.210. The van der Waals surface area contributed by atoms with Gasteiger partial charge in [-0.1, -0.05) is 0 Å². The van der Waals surface area contributed by atoms with Gasteiger partial charge in [-0.25, -0.2) is 29.8 Å². The average molecular weight is 440 g/mol. The summed E-state index contributed by atoms with van der Waals surface area (Å²) < 4.78 is 34.1. The molecule has 0 amide bonds. The predicted molar refractivity (Wildman–Crippen MR) is 34.0 cm³/mol. The van der Waals surface area contributed by atoms with E-state index in [1.807, 2.05) is 0 Å². The fourth-order valence-electron chi connectivity index (χ4n) is 0. The summed E-state index contributed by atoms with van der Waals surface area (Å²) in [6.07, 6.45) is 0. The summed E-state index contributed by atoms with van der Waals surface area (Å²) in [5.74, 6) is 0. The molecule has 0 heterocycles. The monoisotopic (exact) mass is 440 g/mol. The first kappa shape index (κ1) is 33.0. The van der Waals surface area contributed by atoms with Crippen LogP contribution in [0.4, 0.5) is 0 Å². The van der Waals surface area contributed by atoms with Crippen molar-refractivity contribution < 1.29 is 108 Å². The minimum absolute atomic E-state index is 0. The van der Waals surface area contributed by atoms with E-state index in [0.717, 1.165) is 0 Å². The van der Waals surface area contributed by atoms with E-state index < -0.39 is 23.5 Å². The Morgan fingerprint density at radius 3 is 0.600 bits per heavy atom. The fraction of sp³-hybridized carbons (Fsp3) is 0. The molecule has 0 aromatic heterocycles. The van der Waals surface area contributed by atoms with Crippen molar-refractivity contribution in [3.05, 3.63) is 0 Å². The van der Waals surface area contributed by atoms with E-state index in [4.69, 9.17) is 58.8 Å². The molecule has 0 fully saturated rings. The topological polar surface area (TPSA) is 278 Å². The second-order valence-electron chi connectivity index (χ2n) is 1.59. The van der Waals surface area contributed by atoms with Crippen molar-refractivity contribution >= 4 is 23.5 Å². The number of rotatable bonds is 3. The third-order valence-electron chi connectivity index (χ3n) is 0.300. The third-order valence-corrected chi connectivity index (χ3v) is 0.900. The molecule has 0 bridgehead atoms. The van der Waals surface area contributed by atoms with Crippen molar-refractivity contribution in [1.29, 1.82) is 0 Å². The molecule has 0 rings (SSSR count). The molecular formula is H3Cr2O15P3. The van der Waals surface area contributed by atoms with E-state index in [1.54, 1.807) is 0 Å². The Labute approximate surface area is 131 Å². The van der Waals surface area contributed by atoms with Crippen molar-refractivity contribution in [2.75, 3.05) is 0 Å². The molecule has 0 atom stereocenters. The van der Waals surface area contributed by atoms with Crippen LogP contribution in [-0.4, -0.2) is 15.8 Å². The van der Waals surface area contributed by atoms with Gasteiger partial charge in [-0.3, -0.25) is 0 Å². The normalized spacial score (nSPS) is 10.7. The van der Waals surface area contributed by atoms with Gasteiger partial charge in [0.2, 0.25) is 0 Å². The van der Waals surface area contributed by atoms with Crippen LogP contribution < -0.4 is 29.4 Å². The molecule has 0 aliphatic heterocycles. The van der Waals surface area contributed by atoms with Crippen molar-refractivity contribution in [2.24, 2.45) is 0 Å². The van der Waals surface area contributed by atoms with Gasteiger partial charge in [0.1, 0.15) is 0 Å². The molecule has 120 valence electrons. The molecule has 0 saturated heterocycles. The fourth-order valence-corrected chi connectivity index (χ4v) is 0. The third kappa shape index (κ3) is 61.0. The smallest absolute Gasteiger partial charge is 0.788 e. The van der Waals surface area contributed by atoms with E-state index >= 15 is 0 Å². The van der Waals surface area contributed by atoms with Crippen LogP contribution in [-0.2, 0) is 62.4 Å². The Hall–Kier alpha value is 1.27. The first-order valence-electron chi connectivity index (χ1n) is 2.74. The SMILES string of the molecule is O=P([O-])([O-])OO.O=P([O-])([O-])OO.O=P([O-])([O-])OO.[Cr+3].[Cr+3]. The molecule has 15 nitrogen and oxygen atoms in total. The molecule has 0 aromatic rings. The standard InChI is InChI=1S/2Cr.3H3O5P/c;;3*1-5-6(2,3)4/h;;3*1H,(H2,2,3,4)/q2*+3;;;/p-6. The number of hydrogen-bond donors (Lipinski definition) is 3. The molecule has 0 unspecified atom stereocenters. The van der Waals surface area contributed by atoms with Crippen LogP contribution >= 0.6 is 23.5 Å². The summed E-state index contributed by atoms with van der Waals surface area (Å²) in [5, 5.41) is 21.0. The van der Waals surface area contributed by atoms with Crippen LogP contribution in [0.1, 0.15) is 0 Å². The van der Waals surface area contributed by atoms with Gasteiger partial charge in [0.25, 0.3) is 0 Å². The molecule has 0 saturated carbocycles. The van der Waals surface area contributed by atoms with Gasteiger partial charge in [0.05, 0.1) is 23.5 Å². The summed E-state index contributed by atoms with van der Waals surface area (Å²) in [7, 11) is -15.3. The minimum atomic E-state index is -5.09. The zero-order valence-electron chi connectivity index (χ0n) is 8.40. The largest absolute Gasteiger partial charge is 3.00 e. The Kier molecular flexibility index (Phi) is 25.1. The van der Waals surface area contributed by atoms with Crippen LogP contribution in [0.2, 0.25) is 0 Å². The molecule has 0 aromatic carbocycles. The summed E-state index contributed by atoms with van der Waals surface area (Å²) in [5.41, 5.74) is 0. The Morgan fingerprint density at radius 2 is 0.600 bits per heavy atom. The van der Waals surface area contributed by atoms with E-state index in [2.05, 4.69) is 14.0 Å². The van der Waals surface area contributed by atoms with Gasteiger partial charge in [-0.05, 0) is 0 Å². The predicted octanol–water partition coefficient (Wildman–Crippen LogP) is -5.09. The minimum Gasteiger partial charge on any atom is -0.788 e. The van der Waals surface area contributed by atoms with Gasteiger partial charge in [0, 0.05) is 0 Å². The maximum Gasteiger partial charge on any atom is 3.00 e. The summed E-state index contributed by atoms with van der Waals surface area (Å²) in [4.78, 5) is 54.0. The zero-order chi connectivity index (χ0) is 15.6. The molecule has 3 N–H and O–H groups in total. The summed E-state index contributed by atoms with van der Waals surface area (Å²) in [6, 6.07) is 0. The van der Waals surface area contributed by atoms with Crippen LogP contribution in [0.25, 0.3) is 0 Å². The first-order chi connectivity index (χ1) is 7.68. The molecule has 20 heavy (non-hydrogen) atoms. The average Bonchev–Trinajstić information content (AvgIpc) is 2.16. The van der Waals surface area contributed by atoms with Crippen molar-refractivity contribution in [3.63, 3.8) is 0 Å². The molecule has 0 aliphatic carbocycles. The second-order valence-corrected chi connectivity index (χ2v) is 4.76. The number of phosphoric acid groups is 3. The van der Waals surface area contributed by atoms with Crippen molar-refractivity contribution in [3.8, 4) is 0 Å². The van der Waals surface area contributed by atoms with Gasteiger partial charge in [0.15, 0.2) is 0 Å². The summed E-state index contributed by atoms with van der Waals surface area (Å²) in [6.45, 7) is 0. The second kappa shape index (κ2) is 15.2. The van der Waals surface area contributed by atoms with Gasteiger partial charge in [-0.15, -0.1) is 0 Å². The Bertz CT molecular complexity index is 266. The van der Waals surface area contributed by atoms with E-state index in [0.29, 0.717) is 0 Å². The van der Waals surface area contributed by atoms with Crippen LogP contribution in [0.15, 0.2) is 0 Å². The van der Waals surface area contributed by atoms with Crippen molar-refractivity contribution in [2.45, 2.75) is 0 Å². The summed E-state index contributed by atoms with van der Waals surface area (Å²) >= 11 is 0. The van der Waals surface area contributed by atoms with E-state index in [-0.39, 0.29) is 34.7 Å². The van der Waals surface area contributed by atoms with E-state index in [1.165, 1.54) is 0 Å². The van der Waals surface area contributed by atoms with Crippen LogP contribution in [0.3, 0.4) is 0 Å². The molecule has 20 heteroatoms. The molecule has 0 aliphatic rings. The van der Waals surface area contributed by atoms with Gasteiger partial charge >= 0.3 is 34.7 Å². The van der Waals surface area contributed by atoms with Crippen LogP contribution in [0, 0.1) is 0 Å². The maximum atomic E-state index is 9.00. The zero-order valence-corrected chi connectivity index (χ0v) is 13.6. The Morgan fingerprint density at radius 1 is 0.550 bits per heavy atom. The van der Waals surface area contributed by atoms with Gasteiger partial charge < -0.3 is 43.1 Å². The van der Waals surface area contributed by atoms with E-state index in [9.17, 15) is 0 Å². The maximum absolute atomic E-state index is 9.00. The molecular weight excluding hydrogens is 437 g/mol. The van der Waals surface area contributed by atoms with Crippen molar-refractivity contribution in [1.82, 2.24) is 0 Å². The number of hydrogen-bond acceptors (Lipinski definition) is 15. The van der Waals surface area contributed by atoms with Crippen LogP contribution in [0.5, 0.6) is 0 Å². The first-order valence-corrected chi connectivity index (χ1v) is 7.12. The Balaban J connectivity index is -0.0000000536. The van der Waals surface area contributed by atoms with Gasteiger partial charge in [-0.2, -0.15) is 0 Å². The molecule has 0 spiro atoms.